The Morgan fingerprint density at radius 2 is 1.95 bits per heavy atom. The van der Waals surface area contributed by atoms with Crippen molar-refractivity contribution in [1.29, 1.82) is 0 Å². The summed E-state index contributed by atoms with van der Waals surface area (Å²) in [6.45, 7) is -0.00686. The van der Waals surface area contributed by atoms with Crippen LogP contribution < -0.4 is 5.32 Å². The first-order valence-electron chi connectivity index (χ1n) is 6.90. The molecule has 0 atom stereocenters. The minimum atomic E-state index is -0.450. The summed E-state index contributed by atoms with van der Waals surface area (Å²) < 4.78 is 0. The maximum Gasteiger partial charge on any atom is 0.224 e. The molecule has 0 heterocycles. The number of aliphatic hydroxyl groups excluding tert-OH is 1. The molecule has 1 aliphatic carbocycles. The first-order chi connectivity index (χ1) is 9.54. The monoisotopic (exact) mass is 315 g/mol. The fourth-order valence-electron chi connectivity index (χ4n) is 2.73. The number of hydrogen-bond acceptors (Lipinski definition) is 2. The second kappa shape index (κ2) is 6.79. The molecule has 1 aromatic carbocycles. The van der Waals surface area contributed by atoms with Gasteiger partial charge in [-0.15, -0.1) is 0 Å². The molecule has 3 nitrogen and oxygen atoms in total. The van der Waals surface area contributed by atoms with Crippen LogP contribution in [0.25, 0.3) is 0 Å². The van der Waals surface area contributed by atoms with Gasteiger partial charge in [-0.3, -0.25) is 4.79 Å². The third-order valence-corrected chi connectivity index (χ3v) is 4.47. The van der Waals surface area contributed by atoms with Crippen molar-refractivity contribution < 1.29 is 9.90 Å². The van der Waals surface area contributed by atoms with Crippen molar-refractivity contribution in [1.82, 2.24) is 5.32 Å². The maximum atomic E-state index is 12.2. The Hall–Kier alpha value is -0.770. The van der Waals surface area contributed by atoms with Gasteiger partial charge in [0.2, 0.25) is 5.91 Å². The van der Waals surface area contributed by atoms with E-state index in [1.165, 1.54) is 6.42 Å². The lowest BCUT2D eigenvalue weighted by Gasteiger charge is -2.36. The third kappa shape index (κ3) is 3.87. The number of carbonyl (C=O) groups is 1. The molecular weight excluding hydrogens is 297 g/mol. The van der Waals surface area contributed by atoms with Crippen molar-refractivity contribution in [2.24, 2.45) is 0 Å². The van der Waals surface area contributed by atoms with E-state index in [4.69, 9.17) is 23.2 Å². The predicted octanol–water partition coefficient (Wildman–Crippen LogP) is 3.35. The smallest absolute Gasteiger partial charge is 0.224 e. The first-order valence-corrected chi connectivity index (χ1v) is 7.66. The normalized spacial score (nSPS) is 17.8. The van der Waals surface area contributed by atoms with Crippen LogP contribution in [-0.2, 0) is 11.2 Å². The summed E-state index contributed by atoms with van der Waals surface area (Å²) in [5.41, 5.74) is 0.297. The van der Waals surface area contributed by atoms with Crippen LogP contribution in [0.5, 0.6) is 0 Å². The summed E-state index contributed by atoms with van der Waals surface area (Å²) in [5.74, 6) is -0.106. The van der Waals surface area contributed by atoms with E-state index >= 15 is 0 Å². The molecule has 1 aliphatic rings. The Morgan fingerprint density at radius 3 is 2.55 bits per heavy atom. The molecule has 1 amide bonds. The number of nitrogens with one attached hydrogen (secondary N) is 1. The molecule has 5 heteroatoms. The largest absolute Gasteiger partial charge is 0.394 e. The van der Waals surface area contributed by atoms with Crippen LogP contribution in [0.1, 0.15) is 37.7 Å². The average molecular weight is 316 g/mol. The number of hydrogen-bond donors (Lipinski definition) is 2. The molecule has 0 spiro atoms. The lowest BCUT2D eigenvalue weighted by Crippen LogP contribution is -2.52. The highest BCUT2D eigenvalue weighted by Crippen LogP contribution is 2.28. The van der Waals surface area contributed by atoms with Gasteiger partial charge >= 0.3 is 0 Å². The molecule has 0 bridgehead atoms. The van der Waals surface area contributed by atoms with Crippen LogP contribution in [0.2, 0.25) is 10.0 Å². The number of carbonyl (C=O) groups excluding carboxylic acids is 1. The van der Waals surface area contributed by atoms with Gasteiger partial charge in [0.1, 0.15) is 0 Å². The van der Waals surface area contributed by atoms with Crippen molar-refractivity contribution in [2.45, 2.75) is 44.1 Å². The van der Waals surface area contributed by atoms with Gasteiger partial charge in [0.15, 0.2) is 0 Å². The van der Waals surface area contributed by atoms with E-state index < -0.39 is 5.54 Å². The highest BCUT2D eigenvalue weighted by Gasteiger charge is 2.32. The summed E-state index contributed by atoms with van der Waals surface area (Å²) >= 11 is 11.9. The van der Waals surface area contributed by atoms with Gasteiger partial charge in [0, 0.05) is 10.0 Å². The molecule has 0 unspecified atom stereocenters. The highest BCUT2D eigenvalue weighted by atomic mass is 35.5. The predicted molar refractivity (Wildman–Crippen MR) is 81.2 cm³/mol. The summed E-state index contributed by atoms with van der Waals surface area (Å²) in [7, 11) is 0. The maximum absolute atomic E-state index is 12.2. The van der Waals surface area contributed by atoms with Crippen LogP contribution in [0.3, 0.4) is 0 Å². The SMILES string of the molecule is O=C(Cc1ccc(Cl)cc1Cl)NC1(CO)CCCCC1. The van der Waals surface area contributed by atoms with Gasteiger partial charge in [-0.25, -0.2) is 0 Å². The summed E-state index contributed by atoms with van der Waals surface area (Å²) in [4.78, 5) is 12.2. The average Bonchev–Trinajstić information content (AvgIpc) is 2.43. The van der Waals surface area contributed by atoms with E-state index in [2.05, 4.69) is 5.32 Å². The van der Waals surface area contributed by atoms with E-state index in [0.29, 0.717) is 10.0 Å². The van der Waals surface area contributed by atoms with Gasteiger partial charge < -0.3 is 10.4 Å². The minimum Gasteiger partial charge on any atom is -0.394 e. The molecule has 0 aliphatic heterocycles. The van der Waals surface area contributed by atoms with E-state index in [-0.39, 0.29) is 18.9 Å². The molecule has 1 aromatic rings. The molecule has 2 rings (SSSR count). The quantitative estimate of drug-likeness (QED) is 0.895. The van der Waals surface area contributed by atoms with Crippen LogP contribution in [0.4, 0.5) is 0 Å². The highest BCUT2D eigenvalue weighted by molar-refractivity contribution is 6.35. The molecule has 2 N–H and O–H groups in total. The van der Waals surface area contributed by atoms with Crippen molar-refractivity contribution in [3.05, 3.63) is 33.8 Å². The van der Waals surface area contributed by atoms with Crippen LogP contribution in [-0.4, -0.2) is 23.2 Å². The molecular formula is C15H19Cl2NO2. The second-order valence-corrected chi connectivity index (χ2v) is 6.30. The number of benzene rings is 1. The molecule has 20 heavy (non-hydrogen) atoms. The van der Waals surface area contributed by atoms with Gasteiger partial charge in [-0.05, 0) is 30.5 Å². The Balaban J connectivity index is 2.00. The van der Waals surface area contributed by atoms with E-state index in [1.54, 1.807) is 18.2 Å². The number of halogens is 2. The van der Waals surface area contributed by atoms with Gasteiger partial charge in [-0.1, -0.05) is 48.5 Å². The Morgan fingerprint density at radius 1 is 1.25 bits per heavy atom. The molecule has 0 aromatic heterocycles. The third-order valence-electron chi connectivity index (χ3n) is 3.88. The lowest BCUT2D eigenvalue weighted by atomic mass is 9.82. The van der Waals surface area contributed by atoms with Crippen molar-refractivity contribution in [3.63, 3.8) is 0 Å². The second-order valence-electron chi connectivity index (χ2n) is 5.46. The molecule has 1 fully saturated rings. The van der Waals surface area contributed by atoms with Gasteiger partial charge in [-0.2, -0.15) is 0 Å². The van der Waals surface area contributed by atoms with Crippen LogP contribution in [0, 0.1) is 0 Å². The zero-order valence-corrected chi connectivity index (χ0v) is 12.8. The topological polar surface area (TPSA) is 49.3 Å². The first kappa shape index (κ1) is 15.6. The zero-order valence-electron chi connectivity index (χ0n) is 11.3. The lowest BCUT2D eigenvalue weighted by molar-refractivity contribution is -0.123. The summed E-state index contributed by atoms with van der Waals surface area (Å²) in [5, 5.41) is 13.6. The Bertz CT molecular complexity index is 485. The van der Waals surface area contributed by atoms with Gasteiger partial charge in [0.05, 0.1) is 18.6 Å². The molecule has 1 saturated carbocycles. The number of amides is 1. The molecule has 0 radical (unpaired) electrons. The van der Waals surface area contributed by atoms with Crippen LogP contribution >= 0.6 is 23.2 Å². The van der Waals surface area contributed by atoms with E-state index in [1.807, 2.05) is 0 Å². The van der Waals surface area contributed by atoms with Gasteiger partial charge in [0.25, 0.3) is 0 Å². The standard InChI is InChI=1S/C15H19Cl2NO2/c16-12-5-4-11(13(17)9-12)8-14(20)18-15(10-19)6-2-1-3-7-15/h4-5,9,19H,1-3,6-8,10H2,(H,18,20). The van der Waals surface area contributed by atoms with Crippen molar-refractivity contribution in [2.75, 3.05) is 6.61 Å². The molecule has 0 saturated heterocycles. The minimum absolute atomic E-state index is 0.00686. The van der Waals surface area contributed by atoms with Crippen molar-refractivity contribution in [3.8, 4) is 0 Å². The Kier molecular flexibility index (Phi) is 5.30. The van der Waals surface area contributed by atoms with Crippen molar-refractivity contribution >= 4 is 29.1 Å². The summed E-state index contributed by atoms with van der Waals surface area (Å²) in [6, 6.07) is 5.11. The number of rotatable bonds is 4. The summed E-state index contributed by atoms with van der Waals surface area (Å²) in [6.07, 6.45) is 5.14. The number of aliphatic hydroxyl groups is 1. The van der Waals surface area contributed by atoms with E-state index in [0.717, 1.165) is 31.2 Å². The molecule has 110 valence electrons. The fourth-order valence-corrected chi connectivity index (χ4v) is 3.20. The van der Waals surface area contributed by atoms with Crippen LogP contribution in [0.15, 0.2) is 18.2 Å². The fraction of sp³-hybridized carbons (Fsp3) is 0.533. The van der Waals surface area contributed by atoms with E-state index in [9.17, 15) is 9.90 Å². The zero-order chi connectivity index (χ0) is 14.6. The Labute approximate surface area is 129 Å².